The van der Waals surface area contributed by atoms with Crippen molar-refractivity contribution in [2.75, 3.05) is 17.3 Å². The molecular formula is C32H31ClFN3O7S. The van der Waals surface area contributed by atoms with Gasteiger partial charge in [0.15, 0.2) is 9.84 Å². The number of halogens is 2. The Balaban J connectivity index is 1.69. The number of carbonyl (C=O) groups excluding carboxylic acids is 3. The Kier molecular flexibility index (Phi) is 10.1. The first-order valence-electron chi connectivity index (χ1n) is 13.7. The van der Waals surface area contributed by atoms with E-state index in [0.29, 0.717) is 21.9 Å². The Morgan fingerprint density at radius 1 is 1.09 bits per heavy atom. The number of nitrogens with zero attached hydrogens (tertiary/aromatic N) is 1. The number of sulfone groups is 1. The van der Waals surface area contributed by atoms with Gasteiger partial charge in [-0.15, -0.1) is 6.42 Å². The third-order valence-corrected chi connectivity index (χ3v) is 8.53. The van der Waals surface area contributed by atoms with Gasteiger partial charge in [-0.05, 0) is 68.3 Å². The van der Waals surface area contributed by atoms with Gasteiger partial charge < -0.3 is 25.0 Å². The number of amides is 3. The molecule has 2 N–H and O–H groups in total. The summed E-state index contributed by atoms with van der Waals surface area (Å²) in [4.78, 5) is 40.2. The molecule has 13 heteroatoms. The van der Waals surface area contributed by atoms with Gasteiger partial charge in [0.05, 0.1) is 28.4 Å². The average Bonchev–Trinajstić information content (AvgIpc) is 3.03. The van der Waals surface area contributed by atoms with E-state index < -0.39 is 61.4 Å². The third kappa shape index (κ3) is 8.53. The number of ether oxygens (including phenoxy) is 2. The van der Waals surface area contributed by atoms with Crippen LogP contribution in [0.25, 0.3) is 0 Å². The van der Waals surface area contributed by atoms with E-state index in [1.165, 1.54) is 0 Å². The molecule has 0 bridgehead atoms. The summed E-state index contributed by atoms with van der Waals surface area (Å²) in [5.41, 5.74) is -0.398. The van der Waals surface area contributed by atoms with Gasteiger partial charge >= 0.3 is 6.09 Å². The van der Waals surface area contributed by atoms with E-state index in [-0.39, 0.29) is 25.4 Å². The zero-order chi connectivity index (χ0) is 32.9. The number of nitrogens with one attached hydrogen (secondary N) is 2. The van der Waals surface area contributed by atoms with Crippen LogP contribution in [0.2, 0.25) is 5.02 Å². The lowest BCUT2D eigenvalue weighted by atomic mass is 10.1. The molecule has 45 heavy (non-hydrogen) atoms. The maximum atomic E-state index is 15.4. The number of carbonyl (C=O) groups is 3. The number of hydrogen-bond acceptors (Lipinski definition) is 7. The van der Waals surface area contributed by atoms with Crippen LogP contribution >= 0.6 is 11.6 Å². The number of alkyl carbamates (subject to hydrolysis) is 1. The molecule has 0 spiro atoms. The van der Waals surface area contributed by atoms with E-state index in [9.17, 15) is 22.8 Å². The molecule has 0 unspecified atom stereocenters. The van der Waals surface area contributed by atoms with Crippen molar-refractivity contribution >= 4 is 45.0 Å². The lowest BCUT2D eigenvalue weighted by Gasteiger charge is -2.27. The second-order valence-corrected chi connectivity index (χ2v) is 13.6. The van der Waals surface area contributed by atoms with Gasteiger partial charge in [0, 0.05) is 11.6 Å². The van der Waals surface area contributed by atoms with E-state index in [2.05, 4.69) is 16.6 Å². The minimum Gasteiger partial charge on any atom is -0.481 e. The number of hydrogen-bond donors (Lipinski definition) is 2. The lowest BCUT2D eigenvalue weighted by Crippen LogP contribution is -2.51. The Hall–Kier alpha value is -4.60. The zero-order valence-corrected chi connectivity index (χ0v) is 26.3. The molecule has 4 rings (SSSR count). The van der Waals surface area contributed by atoms with Crippen molar-refractivity contribution < 1.29 is 36.7 Å². The van der Waals surface area contributed by atoms with Crippen molar-refractivity contribution in [1.82, 2.24) is 10.6 Å². The van der Waals surface area contributed by atoms with Crippen LogP contribution < -0.4 is 20.3 Å². The minimum absolute atomic E-state index is 0.0123. The number of anilines is 1. The molecular weight excluding hydrogens is 625 g/mol. The number of fused-ring (bicyclic) bond motifs is 1. The minimum atomic E-state index is -4.36. The van der Waals surface area contributed by atoms with Crippen molar-refractivity contribution in [1.29, 1.82) is 0 Å². The van der Waals surface area contributed by atoms with Crippen molar-refractivity contribution in [3.63, 3.8) is 0 Å². The van der Waals surface area contributed by atoms with Crippen LogP contribution in [0.5, 0.6) is 5.75 Å². The fraction of sp³-hybridized carbons (Fsp3) is 0.281. The Morgan fingerprint density at radius 2 is 1.73 bits per heavy atom. The zero-order valence-electron chi connectivity index (χ0n) is 24.7. The lowest BCUT2D eigenvalue weighted by molar-refractivity contribution is -0.120. The van der Waals surface area contributed by atoms with Crippen LogP contribution in [0.1, 0.15) is 42.3 Å². The monoisotopic (exact) mass is 655 g/mol. The van der Waals surface area contributed by atoms with Gasteiger partial charge in [0.2, 0.25) is 0 Å². The molecule has 1 atom stereocenters. The second-order valence-electron chi connectivity index (χ2n) is 11.2. The molecule has 3 aromatic rings. The highest BCUT2D eigenvalue weighted by Crippen LogP contribution is 2.34. The quantitative estimate of drug-likeness (QED) is 0.338. The summed E-state index contributed by atoms with van der Waals surface area (Å²) in [6, 6.07) is 13.3. The number of benzene rings is 3. The molecule has 0 aliphatic carbocycles. The van der Waals surface area contributed by atoms with Gasteiger partial charge in [-0.2, -0.15) is 0 Å². The molecule has 1 aliphatic rings. The molecule has 0 saturated carbocycles. The van der Waals surface area contributed by atoms with Crippen LogP contribution in [0.3, 0.4) is 0 Å². The molecule has 236 valence electrons. The number of rotatable bonds is 8. The Morgan fingerprint density at radius 3 is 2.36 bits per heavy atom. The molecule has 3 aromatic carbocycles. The van der Waals surface area contributed by atoms with Crippen LogP contribution in [-0.4, -0.2) is 50.3 Å². The third-order valence-electron chi connectivity index (χ3n) is 6.51. The van der Waals surface area contributed by atoms with Crippen molar-refractivity contribution in [3.05, 3.63) is 88.2 Å². The summed E-state index contributed by atoms with van der Waals surface area (Å²) in [6.45, 7) is 4.77. The molecule has 3 amide bonds. The number of terminal acetylenes is 1. The molecule has 1 aliphatic heterocycles. The summed E-state index contributed by atoms with van der Waals surface area (Å²) in [7, 11) is -4.36. The Bertz CT molecular complexity index is 1750. The van der Waals surface area contributed by atoms with Crippen molar-refractivity contribution in [3.8, 4) is 18.1 Å². The van der Waals surface area contributed by atoms with Crippen LogP contribution in [0, 0.1) is 18.2 Å². The molecule has 10 nitrogen and oxygen atoms in total. The van der Waals surface area contributed by atoms with Gasteiger partial charge in [-0.25, -0.2) is 17.6 Å². The predicted octanol–water partition coefficient (Wildman–Crippen LogP) is 4.63. The average molecular weight is 656 g/mol. The topological polar surface area (TPSA) is 131 Å². The van der Waals surface area contributed by atoms with Crippen LogP contribution in [-0.2, 0) is 32.5 Å². The first-order valence-corrected chi connectivity index (χ1v) is 15.7. The standard InChI is InChI=1S/C32H31ClFN3O7S/c1-5-14-43-23-12-8-20(9-13-23)17-35-29(38)24-15-27-28(16-25(24)34)45(41,42)19-26(36-31(40)44-32(2,3)4)30(39)37(27)18-21-6-10-22(33)11-7-21/h1,6-13,15-16,26H,14,17-19H2,2-4H3,(H,35,38)(H,36,40)/t26-/m0/s1. The van der Waals surface area contributed by atoms with Crippen LogP contribution in [0.15, 0.2) is 65.6 Å². The largest absolute Gasteiger partial charge is 0.481 e. The molecule has 0 radical (unpaired) electrons. The maximum Gasteiger partial charge on any atom is 0.408 e. The maximum absolute atomic E-state index is 15.4. The van der Waals surface area contributed by atoms with E-state index in [1.807, 2.05) is 0 Å². The van der Waals surface area contributed by atoms with E-state index in [0.717, 1.165) is 17.0 Å². The highest BCUT2D eigenvalue weighted by Gasteiger charge is 2.40. The molecule has 1 heterocycles. The summed E-state index contributed by atoms with van der Waals surface area (Å²) in [5.74, 6) is -0.717. The molecule has 0 saturated heterocycles. The van der Waals surface area contributed by atoms with E-state index in [4.69, 9.17) is 27.5 Å². The van der Waals surface area contributed by atoms with Gasteiger partial charge in [0.25, 0.3) is 11.8 Å². The summed E-state index contributed by atoms with van der Waals surface area (Å²) in [6.07, 6.45) is 4.19. The van der Waals surface area contributed by atoms with Gasteiger partial charge in [-0.1, -0.05) is 41.8 Å². The summed E-state index contributed by atoms with van der Waals surface area (Å²) >= 11 is 6.02. The fourth-order valence-electron chi connectivity index (χ4n) is 4.46. The van der Waals surface area contributed by atoms with Crippen LogP contribution in [0.4, 0.5) is 14.9 Å². The summed E-state index contributed by atoms with van der Waals surface area (Å²) < 4.78 is 53.0. The summed E-state index contributed by atoms with van der Waals surface area (Å²) in [5, 5.41) is 5.38. The van der Waals surface area contributed by atoms with E-state index in [1.54, 1.807) is 69.3 Å². The smallest absolute Gasteiger partial charge is 0.408 e. The normalized spacial score (nSPS) is 15.7. The Labute approximate surface area is 265 Å². The SMILES string of the molecule is C#CCOc1ccc(CNC(=O)c2cc3c(cc2F)S(=O)(=O)C[C@H](NC(=O)OC(C)(C)C)C(=O)N3Cc2ccc(Cl)cc2)cc1. The first-order chi connectivity index (χ1) is 21.2. The highest BCUT2D eigenvalue weighted by molar-refractivity contribution is 7.91. The fourth-order valence-corrected chi connectivity index (χ4v) is 6.20. The molecule has 0 fully saturated rings. The van der Waals surface area contributed by atoms with Gasteiger partial charge in [0.1, 0.15) is 29.8 Å². The first kappa shape index (κ1) is 33.3. The van der Waals surface area contributed by atoms with Crippen molar-refractivity contribution in [2.45, 2.75) is 50.4 Å². The highest BCUT2D eigenvalue weighted by atomic mass is 35.5. The predicted molar refractivity (Wildman–Crippen MR) is 166 cm³/mol. The van der Waals surface area contributed by atoms with Gasteiger partial charge in [-0.3, -0.25) is 9.59 Å². The second kappa shape index (κ2) is 13.6. The van der Waals surface area contributed by atoms with Crippen molar-refractivity contribution in [2.24, 2.45) is 0 Å². The van der Waals surface area contributed by atoms with E-state index >= 15 is 4.39 Å². The molecule has 0 aromatic heterocycles.